The van der Waals surface area contributed by atoms with Gasteiger partial charge >= 0.3 is 0 Å². The SMILES string of the molecule is CC(C)c1cc(C(C)C)c(-c2cccc(-[n+]3[c-]n(-c4[c-]c(Oc5[c-]c(N(c6ccccc6)c6ccccn6)ccc5)ccc4)cc3)c2)c(C(C)C)c1.[Pt]. The van der Waals surface area contributed by atoms with Crippen LogP contribution in [-0.4, -0.2) is 9.55 Å². The zero-order chi connectivity index (χ0) is 36.2. The van der Waals surface area contributed by atoms with E-state index in [1.807, 2.05) is 94.3 Å². The smallest absolute Gasteiger partial charge is 0.267 e. The van der Waals surface area contributed by atoms with Crippen molar-refractivity contribution < 1.29 is 30.4 Å². The molecule has 0 aliphatic carbocycles. The van der Waals surface area contributed by atoms with Crippen molar-refractivity contribution in [2.45, 2.75) is 59.3 Å². The summed E-state index contributed by atoms with van der Waals surface area (Å²) in [5.74, 6) is 3.24. The van der Waals surface area contributed by atoms with E-state index in [2.05, 4.69) is 118 Å². The molecule has 270 valence electrons. The van der Waals surface area contributed by atoms with E-state index in [0.717, 1.165) is 28.6 Å². The van der Waals surface area contributed by atoms with Gasteiger partial charge in [-0.3, -0.25) is 4.57 Å². The van der Waals surface area contributed by atoms with Gasteiger partial charge in [-0.25, -0.2) is 4.98 Å². The van der Waals surface area contributed by atoms with Crippen molar-refractivity contribution in [3.8, 4) is 34.0 Å². The topological polar surface area (TPSA) is 34.2 Å². The molecule has 2 aromatic heterocycles. The van der Waals surface area contributed by atoms with Crippen LogP contribution in [0.2, 0.25) is 0 Å². The molecule has 0 fully saturated rings. The van der Waals surface area contributed by atoms with Gasteiger partial charge in [0.1, 0.15) is 5.82 Å². The number of hydrogen-bond donors (Lipinski definition) is 0. The summed E-state index contributed by atoms with van der Waals surface area (Å²) in [6.45, 7) is 13.7. The summed E-state index contributed by atoms with van der Waals surface area (Å²) in [6.07, 6.45) is 9.32. The monoisotopic (exact) mass is 875 g/mol. The van der Waals surface area contributed by atoms with Crippen molar-refractivity contribution in [1.29, 1.82) is 0 Å². The zero-order valence-electron chi connectivity index (χ0n) is 31.0. The second-order valence-electron chi connectivity index (χ2n) is 14.0. The largest absolute Gasteiger partial charge is 0.510 e. The molecule has 5 aromatic carbocycles. The summed E-state index contributed by atoms with van der Waals surface area (Å²) in [7, 11) is 0. The molecule has 7 rings (SSSR count). The minimum Gasteiger partial charge on any atom is -0.510 e. The van der Waals surface area contributed by atoms with E-state index >= 15 is 0 Å². The van der Waals surface area contributed by atoms with Gasteiger partial charge in [-0.2, -0.15) is 18.2 Å². The Morgan fingerprint density at radius 3 is 2.04 bits per heavy atom. The van der Waals surface area contributed by atoms with Gasteiger partial charge in [0.05, 0.1) is 5.69 Å². The Hall–Kier alpha value is -5.25. The quantitative estimate of drug-likeness (QED) is 0.0959. The first-order valence-electron chi connectivity index (χ1n) is 18.0. The van der Waals surface area contributed by atoms with Crippen molar-refractivity contribution in [2.75, 3.05) is 4.90 Å². The number of pyridine rings is 1. The van der Waals surface area contributed by atoms with Gasteiger partial charge in [-0.15, -0.1) is 30.3 Å². The Bertz CT molecular complexity index is 2210. The van der Waals surface area contributed by atoms with Crippen LogP contribution in [0.4, 0.5) is 17.2 Å². The Morgan fingerprint density at radius 2 is 1.36 bits per heavy atom. The Balaban J connectivity index is 0.00000481. The van der Waals surface area contributed by atoms with E-state index in [-0.39, 0.29) is 21.1 Å². The first-order chi connectivity index (χ1) is 25.2. The molecule has 0 atom stereocenters. The molecule has 0 saturated carbocycles. The Morgan fingerprint density at radius 1 is 0.679 bits per heavy atom. The van der Waals surface area contributed by atoms with Crippen LogP contribution in [0.25, 0.3) is 22.5 Å². The maximum Gasteiger partial charge on any atom is 0.267 e. The standard InChI is InChI=1S/C47H44N4O.Pt/c1-33(2)37-28-44(34(3)4)47(45(29-37)35(5)6)36-15-12-18-39(27-36)49-25-26-50(32-49)40-19-13-21-42(30-40)52-43-22-14-20-41(31-43)51(38-16-8-7-9-17-38)46-23-10-11-24-48-46;/h7-29,33-35H,1-6H3;/q-2;. The molecule has 0 radical (unpaired) electrons. The third-order valence-electron chi connectivity index (χ3n) is 9.24. The minimum absolute atomic E-state index is 0. The first kappa shape index (κ1) is 37.5. The molecule has 0 aliphatic heterocycles. The van der Waals surface area contributed by atoms with Crippen molar-refractivity contribution in [2.24, 2.45) is 0 Å². The van der Waals surface area contributed by atoms with E-state index in [4.69, 9.17) is 4.74 Å². The van der Waals surface area contributed by atoms with E-state index < -0.39 is 0 Å². The fraction of sp³-hybridized carbons (Fsp3) is 0.191. The van der Waals surface area contributed by atoms with Crippen molar-refractivity contribution in [3.63, 3.8) is 0 Å². The Labute approximate surface area is 328 Å². The fourth-order valence-corrected chi connectivity index (χ4v) is 6.53. The maximum absolute atomic E-state index is 6.35. The molecule has 0 aliphatic rings. The second kappa shape index (κ2) is 16.6. The Kier molecular flexibility index (Phi) is 11.8. The molecule has 53 heavy (non-hydrogen) atoms. The van der Waals surface area contributed by atoms with E-state index in [1.54, 1.807) is 6.20 Å². The van der Waals surface area contributed by atoms with Crippen molar-refractivity contribution in [1.82, 2.24) is 9.55 Å². The third-order valence-corrected chi connectivity index (χ3v) is 9.24. The van der Waals surface area contributed by atoms with Gasteiger partial charge in [0.25, 0.3) is 6.33 Å². The summed E-state index contributed by atoms with van der Waals surface area (Å²) < 4.78 is 10.3. The van der Waals surface area contributed by atoms with Gasteiger partial charge in [0, 0.05) is 56.8 Å². The van der Waals surface area contributed by atoms with Crippen LogP contribution in [-0.2, 0) is 21.1 Å². The van der Waals surface area contributed by atoms with Gasteiger partial charge < -0.3 is 14.2 Å². The fourth-order valence-electron chi connectivity index (χ4n) is 6.53. The number of imidazole rings is 1. The average Bonchev–Trinajstić information content (AvgIpc) is 3.66. The number of rotatable bonds is 11. The summed E-state index contributed by atoms with van der Waals surface area (Å²) in [5.41, 5.74) is 10.4. The minimum atomic E-state index is 0. The molecular weight excluding hydrogens is 832 g/mol. The van der Waals surface area contributed by atoms with E-state index in [1.165, 1.54) is 27.8 Å². The van der Waals surface area contributed by atoms with Gasteiger partial charge in [-0.1, -0.05) is 95.8 Å². The molecule has 5 nitrogen and oxygen atoms in total. The number of aromatic nitrogens is 3. The number of anilines is 3. The van der Waals surface area contributed by atoms with Crippen LogP contribution in [0, 0.1) is 18.5 Å². The maximum atomic E-state index is 6.35. The zero-order valence-corrected chi connectivity index (χ0v) is 33.3. The van der Waals surface area contributed by atoms with E-state index in [9.17, 15) is 0 Å². The molecule has 0 amide bonds. The van der Waals surface area contributed by atoms with Crippen LogP contribution in [0.3, 0.4) is 0 Å². The summed E-state index contributed by atoms with van der Waals surface area (Å²) in [4.78, 5) is 6.67. The van der Waals surface area contributed by atoms with Crippen LogP contribution in [0.1, 0.15) is 76.0 Å². The molecule has 0 N–H and O–H groups in total. The summed E-state index contributed by atoms with van der Waals surface area (Å²) in [6, 6.07) is 48.3. The van der Waals surface area contributed by atoms with Crippen LogP contribution in [0.15, 0.2) is 140 Å². The number of hydrogen-bond acceptors (Lipinski definition) is 3. The molecule has 6 heteroatoms. The molecule has 0 unspecified atom stereocenters. The van der Waals surface area contributed by atoms with Gasteiger partial charge in [-0.05, 0) is 87.7 Å². The number of benzene rings is 5. The predicted molar refractivity (Wildman–Crippen MR) is 211 cm³/mol. The second-order valence-corrected chi connectivity index (χ2v) is 14.0. The van der Waals surface area contributed by atoms with Crippen molar-refractivity contribution >= 4 is 17.2 Å². The summed E-state index contributed by atoms with van der Waals surface area (Å²) >= 11 is 0. The van der Waals surface area contributed by atoms with Gasteiger partial charge in [0.15, 0.2) is 0 Å². The van der Waals surface area contributed by atoms with Crippen LogP contribution in [0.5, 0.6) is 11.5 Å². The number of para-hydroxylation sites is 1. The molecule has 2 heterocycles. The predicted octanol–water partition coefficient (Wildman–Crippen LogP) is 11.8. The molecule has 0 bridgehead atoms. The first-order valence-corrected chi connectivity index (χ1v) is 18.0. The van der Waals surface area contributed by atoms with Crippen LogP contribution < -0.4 is 14.2 Å². The third kappa shape index (κ3) is 8.37. The number of nitrogens with zero attached hydrogens (tertiary/aromatic N) is 4. The van der Waals surface area contributed by atoms with Gasteiger partial charge in [0.2, 0.25) is 0 Å². The molecule has 0 spiro atoms. The van der Waals surface area contributed by atoms with E-state index in [0.29, 0.717) is 29.3 Å². The van der Waals surface area contributed by atoms with Crippen LogP contribution >= 0.6 is 0 Å². The molecular formula is C47H44N4OPt-2. The van der Waals surface area contributed by atoms with Crippen molar-refractivity contribution in [3.05, 3.63) is 175 Å². The average molecular weight is 876 g/mol. The molecule has 0 saturated heterocycles. The number of ether oxygens (including phenoxy) is 1. The summed E-state index contributed by atoms with van der Waals surface area (Å²) in [5, 5.41) is 0. The normalized spacial score (nSPS) is 11.2. The molecule has 7 aromatic rings.